The molecule has 2 fully saturated rings. The van der Waals surface area contributed by atoms with Crippen molar-refractivity contribution in [1.82, 2.24) is 14.7 Å². The van der Waals surface area contributed by atoms with Crippen LogP contribution in [0.5, 0.6) is 0 Å². The van der Waals surface area contributed by atoms with Crippen LogP contribution in [0.3, 0.4) is 0 Å². The molecule has 2 heterocycles. The fraction of sp³-hybridized carbons (Fsp3) is 0.857. The second-order valence-electron chi connectivity index (χ2n) is 6.30. The van der Waals surface area contributed by atoms with Crippen LogP contribution in [-0.4, -0.2) is 106 Å². The Balaban J connectivity index is 2.13. The zero-order chi connectivity index (χ0) is 17.2. The summed E-state index contributed by atoms with van der Waals surface area (Å²) < 4.78 is 29.0. The topological polar surface area (TPSA) is 87.2 Å². The number of ether oxygens (including phenoxy) is 1. The SMILES string of the molecule is COCCC(=O)N1CCN(CC(=O)N(C)C)[C@H]2CS(=O)(=O)C[C@H]21. The molecule has 0 bridgehead atoms. The van der Waals surface area contributed by atoms with Gasteiger partial charge in [0.15, 0.2) is 9.84 Å². The van der Waals surface area contributed by atoms with E-state index >= 15 is 0 Å². The Morgan fingerprint density at radius 2 is 1.83 bits per heavy atom. The standard InChI is InChI=1S/C14H25N3O5S/c1-15(2)14(19)8-16-5-6-17(13(18)4-7-22-3)12-10-23(20,21)9-11(12)16/h11-12H,4-10H2,1-3H3/t11-,12+/m0/s1. The number of carbonyl (C=O) groups is 2. The van der Waals surface area contributed by atoms with Crippen molar-refractivity contribution in [2.75, 3.05) is 59.0 Å². The molecular weight excluding hydrogens is 322 g/mol. The highest BCUT2D eigenvalue weighted by molar-refractivity contribution is 7.91. The van der Waals surface area contributed by atoms with Crippen LogP contribution in [-0.2, 0) is 24.2 Å². The lowest BCUT2D eigenvalue weighted by atomic mass is 10.0. The van der Waals surface area contributed by atoms with Gasteiger partial charge in [0.05, 0.1) is 37.1 Å². The average Bonchev–Trinajstić information content (AvgIpc) is 2.80. The minimum Gasteiger partial charge on any atom is -0.384 e. The van der Waals surface area contributed by atoms with Crippen LogP contribution >= 0.6 is 0 Å². The maximum absolute atomic E-state index is 12.3. The molecule has 2 amide bonds. The van der Waals surface area contributed by atoms with E-state index in [0.29, 0.717) is 19.7 Å². The molecule has 23 heavy (non-hydrogen) atoms. The van der Waals surface area contributed by atoms with Crippen molar-refractivity contribution in [2.45, 2.75) is 18.5 Å². The number of hydrogen-bond acceptors (Lipinski definition) is 6. The van der Waals surface area contributed by atoms with Gasteiger partial charge < -0.3 is 14.5 Å². The van der Waals surface area contributed by atoms with Gasteiger partial charge >= 0.3 is 0 Å². The molecule has 0 aromatic carbocycles. The lowest BCUT2D eigenvalue weighted by Crippen LogP contribution is -2.61. The van der Waals surface area contributed by atoms with Crippen molar-refractivity contribution in [3.63, 3.8) is 0 Å². The quantitative estimate of drug-likeness (QED) is 0.597. The Hall–Kier alpha value is -1.19. The van der Waals surface area contributed by atoms with Gasteiger partial charge in [-0.15, -0.1) is 0 Å². The number of sulfone groups is 1. The van der Waals surface area contributed by atoms with Gasteiger partial charge in [0.1, 0.15) is 0 Å². The normalized spacial score (nSPS) is 26.8. The number of carbonyl (C=O) groups excluding carboxylic acids is 2. The van der Waals surface area contributed by atoms with E-state index in [2.05, 4.69) is 0 Å². The maximum atomic E-state index is 12.3. The molecule has 0 unspecified atom stereocenters. The number of rotatable bonds is 5. The average molecular weight is 347 g/mol. The van der Waals surface area contributed by atoms with Crippen LogP contribution in [0.1, 0.15) is 6.42 Å². The zero-order valence-corrected chi connectivity index (χ0v) is 14.7. The van der Waals surface area contributed by atoms with E-state index in [9.17, 15) is 18.0 Å². The van der Waals surface area contributed by atoms with Crippen LogP contribution < -0.4 is 0 Å². The summed E-state index contributed by atoms with van der Waals surface area (Å²) >= 11 is 0. The summed E-state index contributed by atoms with van der Waals surface area (Å²) in [7, 11) is 1.68. The van der Waals surface area contributed by atoms with Crippen molar-refractivity contribution >= 4 is 21.7 Å². The first-order valence-corrected chi connectivity index (χ1v) is 9.50. The van der Waals surface area contributed by atoms with Gasteiger partial charge in [-0.25, -0.2) is 8.42 Å². The van der Waals surface area contributed by atoms with Crippen LogP contribution in [0, 0.1) is 0 Å². The summed E-state index contributed by atoms with van der Waals surface area (Å²) in [5, 5.41) is 0. The third-order valence-electron chi connectivity index (χ3n) is 4.47. The van der Waals surface area contributed by atoms with Gasteiger partial charge in [0, 0.05) is 40.3 Å². The lowest BCUT2D eigenvalue weighted by Gasteiger charge is -2.43. The van der Waals surface area contributed by atoms with Gasteiger partial charge in [-0.2, -0.15) is 0 Å². The number of hydrogen-bond donors (Lipinski definition) is 0. The number of fused-ring (bicyclic) bond motifs is 1. The Morgan fingerprint density at radius 3 is 2.43 bits per heavy atom. The van der Waals surface area contributed by atoms with Crippen LogP contribution in [0.15, 0.2) is 0 Å². The summed E-state index contributed by atoms with van der Waals surface area (Å²) in [5.74, 6) is -0.167. The molecule has 0 aliphatic carbocycles. The lowest BCUT2D eigenvalue weighted by molar-refractivity contribution is -0.139. The minimum atomic E-state index is -3.20. The first-order valence-electron chi connectivity index (χ1n) is 7.68. The third-order valence-corrected chi connectivity index (χ3v) is 6.17. The third kappa shape index (κ3) is 4.21. The number of amides is 2. The molecule has 8 nitrogen and oxygen atoms in total. The van der Waals surface area contributed by atoms with Gasteiger partial charge in [-0.1, -0.05) is 0 Å². The van der Waals surface area contributed by atoms with E-state index in [1.807, 2.05) is 4.90 Å². The van der Waals surface area contributed by atoms with E-state index < -0.39 is 9.84 Å². The molecule has 2 saturated heterocycles. The number of methoxy groups -OCH3 is 1. The molecule has 0 radical (unpaired) electrons. The van der Waals surface area contributed by atoms with Crippen molar-refractivity contribution in [2.24, 2.45) is 0 Å². The summed E-state index contributed by atoms with van der Waals surface area (Å²) in [5.41, 5.74) is 0. The van der Waals surface area contributed by atoms with Crippen molar-refractivity contribution in [3.8, 4) is 0 Å². The molecule has 0 saturated carbocycles. The van der Waals surface area contributed by atoms with E-state index in [1.165, 1.54) is 12.0 Å². The molecule has 2 aliphatic heterocycles. The molecule has 2 rings (SSSR count). The highest BCUT2D eigenvalue weighted by Crippen LogP contribution is 2.27. The monoisotopic (exact) mass is 347 g/mol. The Labute approximate surface area is 137 Å². The van der Waals surface area contributed by atoms with Crippen LogP contribution in [0.4, 0.5) is 0 Å². The molecule has 0 spiro atoms. The van der Waals surface area contributed by atoms with Gasteiger partial charge in [-0.05, 0) is 0 Å². The van der Waals surface area contributed by atoms with Crippen molar-refractivity contribution in [3.05, 3.63) is 0 Å². The number of nitrogens with zero attached hydrogens (tertiary/aromatic N) is 3. The van der Waals surface area contributed by atoms with Gasteiger partial charge in [0.25, 0.3) is 0 Å². The molecule has 0 aromatic heterocycles. The zero-order valence-electron chi connectivity index (χ0n) is 13.9. The van der Waals surface area contributed by atoms with E-state index in [0.717, 1.165) is 0 Å². The predicted octanol–water partition coefficient (Wildman–Crippen LogP) is -1.58. The summed E-state index contributed by atoms with van der Waals surface area (Å²) in [4.78, 5) is 29.3. The Bertz CT molecular complexity index is 563. The second kappa shape index (κ2) is 7.14. The summed E-state index contributed by atoms with van der Waals surface area (Å²) in [6, 6.07) is -0.669. The Kier molecular flexibility index (Phi) is 5.64. The Morgan fingerprint density at radius 1 is 1.17 bits per heavy atom. The minimum absolute atomic E-state index is 0.00638. The molecule has 2 aliphatic rings. The maximum Gasteiger partial charge on any atom is 0.236 e. The summed E-state index contributed by atoms with van der Waals surface area (Å²) in [6.45, 7) is 1.46. The summed E-state index contributed by atoms with van der Waals surface area (Å²) in [6.07, 6.45) is 0.246. The van der Waals surface area contributed by atoms with E-state index in [4.69, 9.17) is 4.74 Å². The number of likely N-dealkylation sites (N-methyl/N-ethyl adjacent to an activating group) is 1. The first kappa shape index (κ1) is 18.2. The molecule has 0 aromatic rings. The van der Waals surface area contributed by atoms with Crippen molar-refractivity contribution < 1.29 is 22.7 Å². The molecular formula is C14H25N3O5S. The molecule has 132 valence electrons. The highest BCUT2D eigenvalue weighted by Gasteiger charge is 2.48. The fourth-order valence-electron chi connectivity index (χ4n) is 3.18. The van der Waals surface area contributed by atoms with E-state index in [1.54, 1.807) is 19.0 Å². The highest BCUT2D eigenvalue weighted by atomic mass is 32.2. The fourth-order valence-corrected chi connectivity index (χ4v) is 5.19. The second-order valence-corrected chi connectivity index (χ2v) is 8.45. The van der Waals surface area contributed by atoms with Gasteiger partial charge in [-0.3, -0.25) is 14.5 Å². The van der Waals surface area contributed by atoms with Crippen molar-refractivity contribution in [1.29, 1.82) is 0 Å². The molecule has 0 N–H and O–H groups in total. The van der Waals surface area contributed by atoms with Crippen LogP contribution in [0.25, 0.3) is 0 Å². The predicted molar refractivity (Wildman–Crippen MR) is 84.7 cm³/mol. The number of piperazine rings is 1. The van der Waals surface area contributed by atoms with E-state index in [-0.39, 0.29) is 48.4 Å². The largest absolute Gasteiger partial charge is 0.384 e. The molecule has 2 atom stereocenters. The first-order chi connectivity index (χ1) is 10.7. The van der Waals surface area contributed by atoms with Crippen LogP contribution in [0.2, 0.25) is 0 Å². The molecule has 9 heteroatoms. The van der Waals surface area contributed by atoms with Gasteiger partial charge in [0.2, 0.25) is 11.8 Å². The smallest absolute Gasteiger partial charge is 0.236 e.